The molecule has 2 rings (SSSR count). The van der Waals surface area contributed by atoms with Crippen molar-refractivity contribution in [3.63, 3.8) is 0 Å². The average molecular weight is 291 g/mol. The summed E-state index contributed by atoms with van der Waals surface area (Å²) in [6, 6.07) is 4.71. The highest BCUT2D eigenvalue weighted by atomic mass is 32.1. The van der Waals surface area contributed by atoms with E-state index in [2.05, 4.69) is 20.4 Å². The van der Waals surface area contributed by atoms with Crippen LogP contribution < -0.4 is 10.6 Å². The Morgan fingerprint density at radius 1 is 1.25 bits per heavy atom. The van der Waals surface area contributed by atoms with E-state index in [1.165, 1.54) is 18.4 Å². The molecule has 0 saturated heterocycles. The highest BCUT2D eigenvalue weighted by Gasteiger charge is 2.15. The standard InChI is InChI=1S/C13H13N3O3S/c1-8-3-4-10(14-7-8)16-13(18)15-9-5-6-20-11(9)12(17)19-2/h3-7H,1-2H3,(H2,14,15,16,18). The van der Waals surface area contributed by atoms with Crippen LogP contribution in [0, 0.1) is 6.92 Å². The van der Waals surface area contributed by atoms with Gasteiger partial charge in [-0.3, -0.25) is 5.32 Å². The number of aromatic nitrogens is 1. The SMILES string of the molecule is COC(=O)c1sccc1NC(=O)Nc1ccc(C)cn1. The Labute approximate surface area is 119 Å². The van der Waals surface area contributed by atoms with E-state index in [0.717, 1.165) is 5.56 Å². The van der Waals surface area contributed by atoms with E-state index in [0.29, 0.717) is 16.4 Å². The molecule has 0 atom stereocenters. The number of nitrogens with one attached hydrogen (secondary N) is 2. The topological polar surface area (TPSA) is 80.3 Å². The first kappa shape index (κ1) is 14.0. The predicted octanol–water partition coefficient (Wildman–Crippen LogP) is 2.88. The van der Waals surface area contributed by atoms with Crippen LogP contribution in [0.25, 0.3) is 0 Å². The number of aryl methyl sites for hydroxylation is 1. The monoisotopic (exact) mass is 291 g/mol. The molecule has 0 aliphatic rings. The van der Waals surface area contributed by atoms with Crippen molar-refractivity contribution in [2.24, 2.45) is 0 Å². The molecule has 2 heterocycles. The number of hydrogen-bond donors (Lipinski definition) is 2. The zero-order valence-electron chi connectivity index (χ0n) is 11.0. The van der Waals surface area contributed by atoms with Crippen LogP contribution in [0.3, 0.4) is 0 Å². The first-order valence-electron chi connectivity index (χ1n) is 5.76. The van der Waals surface area contributed by atoms with Gasteiger partial charge in [0.2, 0.25) is 0 Å². The summed E-state index contributed by atoms with van der Waals surface area (Å²) in [6.45, 7) is 1.91. The van der Waals surface area contributed by atoms with Gasteiger partial charge in [-0.05, 0) is 30.0 Å². The van der Waals surface area contributed by atoms with Crippen molar-refractivity contribution in [1.29, 1.82) is 0 Å². The third kappa shape index (κ3) is 3.33. The van der Waals surface area contributed by atoms with E-state index >= 15 is 0 Å². The summed E-state index contributed by atoms with van der Waals surface area (Å²) < 4.78 is 4.64. The second-order valence-electron chi connectivity index (χ2n) is 3.95. The molecule has 0 bridgehead atoms. The van der Waals surface area contributed by atoms with Crippen molar-refractivity contribution < 1.29 is 14.3 Å². The van der Waals surface area contributed by atoms with Crippen molar-refractivity contribution in [3.8, 4) is 0 Å². The largest absolute Gasteiger partial charge is 0.465 e. The van der Waals surface area contributed by atoms with Gasteiger partial charge in [0.05, 0.1) is 12.8 Å². The molecule has 0 spiro atoms. The van der Waals surface area contributed by atoms with Gasteiger partial charge in [0.15, 0.2) is 0 Å². The minimum atomic E-state index is -0.483. The Morgan fingerprint density at radius 3 is 2.70 bits per heavy atom. The normalized spacial score (nSPS) is 9.90. The molecule has 20 heavy (non-hydrogen) atoms. The molecular formula is C13H13N3O3S. The van der Waals surface area contributed by atoms with E-state index in [1.807, 2.05) is 13.0 Å². The summed E-state index contributed by atoms with van der Waals surface area (Å²) in [4.78, 5) is 27.7. The number of urea groups is 1. The maximum Gasteiger partial charge on any atom is 0.350 e. The second kappa shape index (κ2) is 6.16. The maximum atomic E-state index is 11.8. The summed E-state index contributed by atoms with van der Waals surface area (Å²) in [5, 5.41) is 6.87. The lowest BCUT2D eigenvalue weighted by molar-refractivity contribution is 0.0607. The number of carbonyl (C=O) groups is 2. The van der Waals surface area contributed by atoms with Crippen LogP contribution in [0.5, 0.6) is 0 Å². The molecule has 7 heteroatoms. The van der Waals surface area contributed by atoms with E-state index in [1.54, 1.807) is 23.7 Å². The highest BCUT2D eigenvalue weighted by Crippen LogP contribution is 2.23. The maximum absolute atomic E-state index is 11.8. The lowest BCUT2D eigenvalue weighted by Crippen LogP contribution is -2.21. The number of methoxy groups -OCH3 is 1. The molecule has 104 valence electrons. The van der Waals surface area contributed by atoms with Crippen LogP contribution >= 0.6 is 11.3 Å². The molecule has 2 aromatic rings. The van der Waals surface area contributed by atoms with Crippen LogP contribution in [0.4, 0.5) is 16.3 Å². The van der Waals surface area contributed by atoms with Crippen molar-refractivity contribution in [1.82, 2.24) is 4.98 Å². The summed E-state index contributed by atoms with van der Waals surface area (Å²) in [5.74, 6) is -0.0493. The molecule has 0 aliphatic carbocycles. The van der Waals surface area contributed by atoms with E-state index < -0.39 is 12.0 Å². The Hall–Kier alpha value is -2.41. The van der Waals surface area contributed by atoms with Gasteiger partial charge in [0.25, 0.3) is 0 Å². The van der Waals surface area contributed by atoms with E-state index in [-0.39, 0.29) is 0 Å². The number of carbonyl (C=O) groups excluding carboxylic acids is 2. The molecule has 6 nitrogen and oxygen atoms in total. The molecule has 2 N–H and O–H groups in total. The molecule has 0 radical (unpaired) electrons. The van der Waals surface area contributed by atoms with Crippen LogP contribution in [-0.4, -0.2) is 24.1 Å². The fraction of sp³-hybridized carbons (Fsp3) is 0.154. The second-order valence-corrected chi connectivity index (χ2v) is 4.87. The first-order chi connectivity index (χ1) is 9.60. The number of ether oxygens (including phenoxy) is 1. The van der Waals surface area contributed by atoms with Crippen molar-refractivity contribution in [2.75, 3.05) is 17.7 Å². The zero-order chi connectivity index (χ0) is 14.5. The molecule has 0 fully saturated rings. The molecule has 0 aromatic carbocycles. The van der Waals surface area contributed by atoms with Gasteiger partial charge in [-0.25, -0.2) is 14.6 Å². The number of rotatable bonds is 3. The van der Waals surface area contributed by atoms with Gasteiger partial charge in [0, 0.05) is 6.20 Å². The quantitative estimate of drug-likeness (QED) is 0.852. The van der Waals surface area contributed by atoms with Gasteiger partial charge >= 0.3 is 12.0 Å². The lowest BCUT2D eigenvalue weighted by atomic mass is 10.3. The predicted molar refractivity (Wildman–Crippen MR) is 77.3 cm³/mol. The number of thiophene rings is 1. The zero-order valence-corrected chi connectivity index (χ0v) is 11.8. The first-order valence-corrected chi connectivity index (χ1v) is 6.64. The number of esters is 1. The van der Waals surface area contributed by atoms with Crippen LogP contribution in [-0.2, 0) is 4.74 Å². The van der Waals surface area contributed by atoms with Gasteiger partial charge < -0.3 is 10.1 Å². The molecule has 0 aliphatic heterocycles. The molecular weight excluding hydrogens is 278 g/mol. The van der Waals surface area contributed by atoms with Gasteiger partial charge in [-0.2, -0.15) is 0 Å². The third-order valence-electron chi connectivity index (χ3n) is 2.44. The van der Waals surface area contributed by atoms with Gasteiger partial charge in [-0.15, -0.1) is 11.3 Å². The van der Waals surface area contributed by atoms with Crippen molar-refractivity contribution in [3.05, 3.63) is 40.2 Å². The molecule has 2 amide bonds. The molecule has 0 saturated carbocycles. The Kier molecular flexibility index (Phi) is 4.31. The van der Waals surface area contributed by atoms with Crippen molar-refractivity contribution in [2.45, 2.75) is 6.92 Å². The van der Waals surface area contributed by atoms with Crippen LogP contribution in [0.2, 0.25) is 0 Å². The lowest BCUT2D eigenvalue weighted by Gasteiger charge is -2.07. The fourth-order valence-electron chi connectivity index (χ4n) is 1.47. The van der Waals surface area contributed by atoms with Crippen LogP contribution in [0.1, 0.15) is 15.2 Å². The number of anilines is 2. The fourth-order valence-corrected chi connectivity index (χ4v) is 2.24. The minimum absolute atomic E-state index is 0.347. The summed E-state index contributed by atoms with van der Waals surface area (Å²) in [5.41, 5.74) is 1.41. The van der Waals surface area contributed by atoms with E-state index in [9.17, 15) is 9.59 Å². The summed E-state index contributed by atoms with van der Waals surface area (Å²) >= 11 is 1.20. The van der Waals surface area contributed by atoms with Gasteiger partial charge in [-0.1, -0.05) is 6.07 Å². The highest BCUT2D eigenvalue weighted by molar-refractivity contribution is 7.12. The summed E-state index contributed by atoms with van der Waals surface area (Å²) in [6.07, 6.45) is 1.65. The number of pyridine rings is 1. The summed E-state index contributed by atoms with van der Waals surface area (Å²) in [7, 11) is 1.29. The molecule has 2 aromatic heterocycles. The minimum Gasteiger partial charge on any atom is -0.465 e. The Bertz CT molecular complexity index is 622. The number of nitrogens with zero attached hydrogens (tertiary/aromatic N) is 1. The average Bonchev–Trinajstić information content (AvgIpc) is 2.88. The smallest absolute Gasteiger partial charge is 0.350 e. The third-order valence-corrected chi connectivity index (χ3v) is 3.33. The Morgan fingerprint density at radius 2 is 2.05 bits per heavy atom. The number of hydrogen-bond acceptors (Lipinski definition) is 5. The van der Waals surface area contributed by atoms with E-state index in [4.69, 9.17) is 0 Å². The van der Waals surface area contributed by atoms with Gasteiger partial charge in [0.1, 0.15) is 10.7 Å². The molecule has 0 unspecified atom stereocenters. The van der Waals surface area contributed by atoms with Crippen LogP contribution in [0.15, 0.2) is 29.8 Å². The Balaban J connectivity index is 2.03. The van der Waals surface area contributed by atoms with Crippen molar-refractivity contribution >= 4 is 34.8 Å². The number of amides is 2.